The van der Waals surface area contributed by atoms with Gasteiger partial charge in [-0.2, -0.15) is 0 Å². The van der Waals surface area contributed by atoms with Gasteiger partial charge in [0.05, 0.1) is 12.8 Å². The first-order valence-corrected chi connectivity index (χ1v) is 6.72. The minimum absolute atomic E-state index is 0.135. The Balaban J connectivity index is 1.90. The Bertz CT molecular complexity index is 531. The number of hydrogen-bond donors (Lipinski definition) is 1. The summed E-state index contributed by atoms with van der Waals surface area (Å²) in [6.45, 7) is 4.31. The SMILES string of the molecule is CC[C@H](Oc1ccc(C)cc1)C(=O)NCc1ccco1. The summed E-state index contributed by atoms with van der Waals surface area (Å²) in [6, 6.07) is 11.3. The molecule has 106 valence electrons. The molecule has 2 rings (SSSR count). The molecule has 2 aromatic rings. The van der Waals surface area contributed by atoms with Gasteiger partial charge in [0.15, 0.2) is 6.10 Å². The molecule has 4 nitrogen and oxygen atoms in total. The second-order valence-electron chi connectivity index (χ2n) is 4.62. The van der Waals surface area contributed by atoms with Crippen molar-refractivity contribution in [1.29, 1.82) is 0 Å². The van der Waals surface area contributed by atoms with Crippen LogP contribution in [0, 0.1) is 6.92 Å². The van der Waals surface area contributed by atoms with E-state index in [1.807, 2.05) is 44.2 Å². The number of rotatable bonds is 6. The number of aryl methyl sites for hydroxylation is 1. The quantitative estimate of drug-likeness (QED) is 0.880. The van der Waals surface area contributed by atoms with Crippen LogP contribution in [0.2, 0.25) is 0 Å². The monoisotopic (exact) mass is 273 g/mol. The van der Waals surface area contributed by atoms with Crippen molar-refractivity contribution in [3.63, 3.8) is 0 Å². The van der Waals surface area contributed by atoms with Gasteiger partial charge in [-0.15, -0.1) is 0 Å². The maximum atomic E-state index is 12.1. The molecule has 1 N–H and O–H groups in total. The van der Waals surface area contributed by atoms with Crippen LogP contribution in [0.25, 0.3) is 0 Å². The highest BCUT2D eigenvalue weighted by molar-refractivity contribution is 5.81. The fourth-order valence-corrected chi connectivity index (χ4v) is 1.80. The highest BCUT2D eigenvalue weighted by Crippen LogP contribution is 2.14. The van der Waals surface area contributed by atoms with E-state index >= 15 is 0 Å². The van der Waals surface area contributed by atoms with E-state index < -0.39 is 6.10 Å². The Morgan fingerprint density at radius 1 is 1.30 bits per heavy atom. The molecule has 1 atom stereocenters. The molecule has 0 aliphatic rings. The van der Waals surface area contributed by atoms with Gasteiger partial charge in [-0.3, -0.25) is 4.79 Å². The van der Waals surface area contributed by atoms with Crippen LogP contribution in [0.5, 0.6) is 5.75 Å². The predicted molar refractivity (Wildman–Crippen MR) is 76.4 cm³/mol. The molecule has 0 unspecified atom stereocenters. The van der Waals surface area contributed by atoms with E-state index in [1.165, 1.54) is 0 Å². The number of nitrogens with one attached hydrogen (secondary N) is 1. The highest BCUT2D eigenvalue weighted by Gasteiger charge is 2.18. The van der Waals surface area contributed by atoms with Crippen LogP contribution < -0.4 is 10.1 Å². The number of amides is 1. The first-order valence-electron chi connectivity index (χ1n) is 6.72. The zero-order chi connectivity index (χ0) is 14.4. The van der Waals surface area contributed by atoms with Crippen LogP contribution >= 0.6 is 0 Å². The van der Waals surface area contributed by atoms with Crippen LogP contribution in [0.1, 0.15) is 24.7 Å². The largest absolute Gasteiger partial charge is 0.481 e. The predicted octanol–water partition coefficient (Wildman–Crippen LogP) is 3.06. The average molecular weight is 273 g/mol. The van der Waals surface area contributed by atoms with E-state index in [0.717, 1.165) is 11.3 Å². The smallest absolute Gasteiger partial charge is 0.261 e. The molecule has 0 aliphatic carbocycles. The molecule has 0 saturated carbocycles. The molecule has 1 amide bonds. The number of hydrogen-bond acceptors (Lipinski definition) is 3. The van der Waals surface area contributed by atoms with Crippen molar-refractivity contribution in [2.75, 3.05) is 0 Å². The summed E-state index contributed by atoms with van der Waals surface area (Å²) in [5.41, 5.74) is 1.16. The number of ether oxygens (including phenoxy) is 1. The Morgan fingerprint density at radius 3 is 2.65 bits per heavy atom. The minimum atomic E-state index is -0.493. The molecule has 0 spiro atoms. The van der Waals surface area contributed by atoms with Crippen molar-refractivity contribution in [3.05, 3.63) is 54.0 Å². The van der Waals surface area contributed by atoms with Crippen LogP contribution in [0.15, 0.2) is 47.1 Å². The molecule has 0 radical (unpaired) electrons. The highest BCUT2D eigenvalue weighted by atomic mass is 16.5. The van der Waals surface area contributed by atoms with Gasteiger partial charge in [-0.05, 0) is 37.6 Å². The third-order valence-corrected chi connectivity index (χ3v) is 2.98. The van der Waals surface area contributed by atoms with Crippen LogP contribution in [-0.4, -0.2) is 12.0 Å². The first-order chi connectivity index (χ1) is 9.69. The van der Waals surface area contributed by atoms with Crippen molar-refractivity contribution >= 4 is 5.91 Å². The van der Waals surface area contributed by atoms with Crippen LogP contribution in [-0.2, 0) is 11.3 Å². The standard InChI is InChI=1S/C16H19NO3/c1-3-15(20-13-8-6-12(2)7-9-13)16(18)17-11-14-5-4-10-19-14/h4-10,15H,3,11H2,1-2H3,(H,17,18)/t15-/m0/s1. The van der Waals surface area contributed by atoms with Crippen LogP contribution in [0.4, 0.5) is 0 Å². The van der Waals surface area contributed by atoms with Crippen molar-refractivity contribution in [2.24, 2.45) is 0 Å². The summed E-state index contributed by atoms with van der Waals surface area (Å²) in [4.78, 5) is 12.1. The molecule has 0 bridgehead atoms. The van der Waals surface area contributed by atoms with Crippen LogP contribution in [0.3, 0.4) is 0 Å². The second kappa shape index (κ2) is 6.80. The van der Waals surface area contributed by atoms with Gasteiger partial charge in [0, 0.05) is 0 Å². The number of benzene rings is 1. The van der Waals surface area contributed by atoms with E-state index in [1.54, 1.807) is 12.3 Å². The molecular formula is C16H19NO3. The summed E-state index contributed by atoms with van der Waals surface area (Å²) < 4.78 is 10.9. The topological polar surface area (TPSA) is 51.5 Å². The molecule has 0 saturated heterocycles. The summed E-state index contributed by atoms with van der Waals surface area (Å²) >= 11 is 0. The Labute approximate surface area is 118 Å². The molecule has 0 aliphatic heterocycles. The van der Waals surface area contributed by atoms with Gasteiger partial charge in [0.25, 0.3) is 5.91 Å². The summed E-state index contributed by atoms with van der Waals surface area (Å²) in [7, 11) is 0. The number of carbonyl (C=O) groups is 1. The molecule has 0 fully saturated rings. The van der Waals surface area contributed by atoms with Gasteiger partial charge in [-0.1, -0.05) is 24.6 Å². The lowest BCUT2D eigenvalue weighted by Gasteiger charge is -2.17. The van der Waals surface area contributed by atoms with Gasteiger partial charge >= 0.3 is 0 Å². The van der Waals surface area contributed by atoms with E-state index in [2.05, 4.69) is 5.32 Å². The van der Waals surface area contributed by atoms with Gasteiger partial charge in [0.2, 0.25) is 0 Å². The van der Waals surface area contributed by atoms with E-state index in [0.29, 0.717) is 18.7 Å². The molecule has 1 aromatic carbocycles. The number of furan rings is 1. The maximum Gasteiger partial charge on any atom is 0.261 e. The third kappa shape index (κ3) is 3.88. The maximum absolute atomic E-state index is 12.1. The Morgan fingerprint density at radius 2 is 2.05 bits per heavy atom. The molecule has 4 heteroatoms. The van der Waals surface area contributed by atoms with E-state index in [4.69, 9.17) is 9.15 Å². The molecular weight excluding hydrogens is 254 g/mol. The van der Waals surface area contributed by atoms with E-state index in [9.17, 15) is 4.79 Å². The lowest BCUT2D eigenvalue weighted by Crippen LogP contribution is -2.37. The van der Waals surface area contributed by atoms with Crippen molar-refractivity contribution in [3.8, 4) is 5.75 Å². The van der Waals surface area contributed by atoms with Crippen molar-refractivity contribution < 1.29 is 13.9 Å². The van der Waals surface area contributed by atoms with E-state index in [-0.39, 0.29) is 5.91 Å². The van der Waals surface area contributed by atoms with Gasteiger partial charge < -0.3 is 14.5 Å². The molecule has 1 aromatic heterocycles. The normalized spacial score (nSPS) is 11.9. The lowest BCUT2D eigenvalue weighted by molar-refractivity contribution is -0.128. The zero-order valence-electron chi connectivity index (χ0n) is 11.8. The Hall–Kier alpha value is -2.23. The second-order valence-corrected chi connectivity index (χ2v) is 4.62. The van der Waals surface area contributed by atoms with Crippen molar-refractivity contribution in [2.45, 2.75) is 32.9 Å². The fourth-order valence-electron chi connectivity index (χ4n) is 1.80. The first kappa shape index (κ1) is 14.2. The fraction of sp³-hybridized carbons (Fsp3) is 0.312. The number of carbonyl (C=O) groups excluding carboxylic acids is 1. The summed E-state index contributed by atoms with van der Waals surface area (Å²) in [5.74, 6) is 1.30. The molecule has 1 heterocycles. The third-order valence-electron chi connectivity index (χ3n) is 2.98. The van der Waals surface area contributed by atoms with Gasteiger partial charge in [-0.25, -0.2) is 0 Å². The van der Waals surface area contributed by atoms with Crippen molar-refractivity contribution in [1.82, 2.24) is 5.32 Å². The molecule has 20 heavy (non-hydrogen) atoms. The van der Waals surface area contributed by atoms with Gasteiger partial charge in [0.1, 0.15) is 11.5 Å². The summed E-state index contributed by atoms with van der Waals surface area (Å²) in [5, 5.41) is 2.81. The average Bonchev–Trinajstić information content (AvgIpc) is 2.97. The Kier molecular flexibility index (Phi) is 4.82. The zero-order valence-corrected chi connectivity index (χ0v) is 11.8. The minimum Gasteiger partial charge on any atom is -0.481 e. The lowest BCUT2D eigenvalue weighted by atomic mass is 10.2. The summed E-state index contributed by atoms with van der Waals surface area (Å²) in [6.07, 6.45) is 1.70.